The van der Waals surface area contributed by atoms with E-state index < -0.39 is 0 Å². The van der Waals surface area contributed by atoms with Crippen LogP contribution in [0.5, 0.6) is 0 Å². The monoisotopic (exact) mass is 544 g/mol. The minimum atomic E-state index is -0.347. The van der Waals surface area contributed by atoms with Crippen molar-refractivity contribution in [3.63, 3.8) is 0 Å². The first-order chi connectivity index (χ1) is 19.1. The lowest BCUT2D eigenvalue weighted by Crippen LogP contribution is -2.22. The molecule has 5 rings (SSSR count). The fourth-order valence-corrected chi connectivity index (χ4v) is 4.96. The van der Waals surface area contributed by atoms with Crippen molar-refractivity contribution in [2.45, 2.75) is 44.8 Å². The second-order valence-electron chi connectivity index (χ2n) is 9.67. The van der Waals surface area contributed by atoms with Crippen LogP contribution in [0.4, 0.5) is 22.0 Å². The van der Waals surface area contributed by atoms with Crippen molar-refractivity contribution in [2.75, 3.05) is 41.8 Å². The van der Waals surface area contributed by atoms with E-state index in [0.717, 1.165) is 61.6 Å². The Morgan fingerprint density at radius 2 is 1.90 bits per heavy atom. The van der Waals surface area contributed by atoms with E-state index in [2.05, 4.69) is 33.4 Å². The summed E-state index contributed by atoms with van der Waals surface area (Å²) in [5, 5.41) is 6.45. The number of halogens is 1. The largest absolute Gasteiger partial charge is 0.357 e. The average Bonchev–Trinajstić information content (AvgIpc) is 3.50. The summed E-state index contributed by atoms with van der Waals surface area (Å²) >= 11 is 6.23. The van der Waals surface area contributed by atoms with Crippen molar-refractivity contribution < 1.29 is 14.3 Å². The third kappa shape index (κ3) is 7.73. The number of hydrogen-bond acceptors (Lipinski definition) is 5. The van der Waals surface area contributed by atoms with Gasteiger partial charge in [0.1, 0.15) is 12.4 Å². The molecule has 2 aliphatic rings. The number of nitrogens with one attached hydrogen (secondary N) is 2. The highest BCUT2D eigenvalue weighted by Gasteiger charge is 2.15. The van der Waals surface area contributed by atoms with Crippen molar-refractivity contribution >= 4 is 34.8 Å². The number of carbonyl (C=O) groups is 1. The van der Waals surface area contributed by atoms with Gasteiger partial charge in [0, 0.05) is 48.1 Å². The molecule has 3 aromatic rings. The fourth-order valence-electron chi connectivity index (χ4n) is 4.76. The lowest BCUT2D eigenvalue weighted by atomic mass is 10.1. The Labute approximate surface area is 234 Å². The Morgan fingerprint density at radius 3 is 2.74 bits per heavy atom. The molecular formula is C31H33ClN4O3. The van der Waals surface area contributed by atoms with Crippen LogP contribution in [0.3, 0.4) is 0 Å². The molecule has 2 aromatic carbocycles. The van der Waals surface area contributed by atoms with Crippen LogP contribution in [0.2, 0.25) is 5.02 Å². The van der Waals surface area contributed by atoms with Crippen molar-refractivity contribution in [1.82, 2.24) is 4.98 Å². The van der Waals surface area contributed by atoms with Gasteiger partial charge in [-0.15, -0.1) is 0 Å². The highest BCUT2D eigenvalue weighted by atomic mass is 35.5. The summed E-state index contributed by atoms with van der Waals surface area (Å²) < 4.78 is 11.2. The van der Waals surface area contributed by atoms with Crippen LogP contribution in [0, 0.1) is 11.8 Å². The third-order valence-corrected chi connectivity index (χ3v) is 7.01. The van der Waals surface area contributed by atoms with Crippen molar-refractivity contribution in [1.29, 1.82) is 0 Å². The predicted octanol–water partition coefficient (Wildman–Crippen LogP) is 6.74. The SMILES string of the molecule is O=C(Nc1cccc(-c2cccc(N3CCCC3)n2)c1)Nc1ccc(Cl)cc1CC#CCOC1CCCCO1. The van der Waals surface area contributed by atoms with E-state index in [1.54, 1.807) is 12.1 Å². The van der Waals surface area contributed by atoms with Crippen LogP contribution in [0.25, 0.3) is 11.3 Å². The Hall–Kier alpha value is -3.57. The maximum atomic E-state index is 12.9. The normalized spacial score (nSPS) is 16.8. The minimum Gasteiger partial charge on any atom is -0.357 e. The number of carbonyl (C=O) groups excluding carboxylic acids is 1. The summed E-state index contributed by atoms with van der Waals surface area (Å²) in [6, 6.07) is 18.8. The van der Waals surface area contributed by atoms with E-state index in [9.17, 15) is 4.79 Å². The number of pyridine rings is 1. The molecule has 1 aromatic heterocycles. The molecule has 0 spiro atoms. The third-order valence-electron chi connectivity index (χ3n) is 6.78. The molecule has 0 bridgehead atoms. The molecule has 2 saturated heterocycles. The van der Waals surface area contributed by atoms with Crippen LogP contribution >= 0.6 is 11.6 Å². The number of amides is 2. The number of anilines is 3. The molecular weight excluding hydrogens is 512 g/mol. The number of aromatic nitrogens is 1. The van der Waals surface area contributed by atoms with Crippen molar-refractivity contribution in [3.05, 3.63) is 71.2 Å². The first kappa shape index (κ1) is 27.0. The lowest BCUT2D eigenvalue weighted by molar-refractivity contribution is -0.154. The van der Waals surface area contributed by atoms with E-state index in [-0.39, 0.29) is 12.3 Å². The highest BCUT2D eigenvalue weighted by Crippen LogP contribution is 2.26. The summed E-state index contributed by atoms with van der Waals surface area (Å²) in [4.78, 5) is 20.1. The minimum absolute atomic E-state index is 0.163. The molecule has 3 heterocycles. The van der Waals surface area contributed by atoms with Gasteiger partial charge in [0.25, 0.3) is 0 Å². The molecule has 8 heteroatoms. The number of hydrogen-bond donors (Lipinski definition) is 2. The zero-order valence-corrected chi connectivity index (χ0v) is 22.7. The Balaban J connectivity index is 1.20. The number of rotatable bonds is 7. The molecule has 2 fully saturated rings. The number of ether oxygens (including phenoxy) is 2. The Bertz CT molecular complexity index is 1340. The molecule has 1 atom stereocenters. The lowest BCUT2D eigenvalue weighted by Gasteiger charge is -2.21. The van der Waals surface area contributed by atoms with Gasteiger partial charge in [-0.1, -0.05) is 41.6 Å². The van der Waals surface area contributed by atoms with E-state index in [1.165, 1.54) is 12.8 Å². The quantitative estimate of drug-likeness (QED) is 0.322. The van der Waals surface area contributed by atoms with Crippen molar-refractivity contribution in [2.24, 2.45) is 0 Å². The standard InChI is InChI=1S/C31H33ClN4O3/c32-25-15-16-28(23(21-25)9-1-5-19-38-30-14-2-6-20-39-30)35-31(37)33-26-11-7-10-24(22-26)27-12-8-13-29(34-27)36-17-3-4-18-36/h7-8,10-13,15-16,21-22,30H,2-4,6,9,14,17-20H2,(H2,33,35,37). The topological polar surface area (TPSA) is 75.7 Å². The second-order valence-corrected chi connectivity index (χ2v) is 10.1. The molecule has 2 aliphatic heterocycles. The summed E-state index contributed by atoms with van der Waals surface area (Å²) in [5.41, 5.74) is 3.98. The molecule has 0 saturated carbocycles. The first-order valence-corrected chi connectivity index (χ1v) is 13.9. The van der Waals surface area contributed by atoms with Crippen LogP contribution in [-0.2, 0) is 15.9 Å². The van der Waals surface area contributed by atoms with Gasteiger partial charge in [-0.3, -0.25) is 0 Å². The van der Waals surface area contributed by atoms with E-state index in [0.29, 0.717) is 29.4 Å². The van der Waals surface area contributed by atoms with Gasteiger partial charge in [-0.2, -0.15) is 0 Å². The Morgan fingerprint density at radius 1 is 1.03 bits per heavy atom. The van der Waals surface area contributed by atoms with E-state index >= 15 is 0 Å². The maximum Gasteiger partial charge on any atom is 0.323 e. The molecule has 0 aliphatic carbocycles. The second kappa shape index (κ2) is 13.5. The molecule has 2 N–H and O–H groups in total. The van der Waals surface area contributed by atoms with Crippen molar-refractivity contribution in [3.8, 4) is 23.1 Å². The number of benzene rings is 2. The summed E-state index contributed by atoms with van der Waals surface area (Å²) in [5.74, 6) is 7.14. The van der Waals surface area contributed by atoms with Gasteiger partial charge in [0.15, 0.2) is 6.29 Å². The molecule has 2 amide bonds. The van der Waals surface area contributed by atoms with Gasteiger partial charge in [-0.25, -0.2) is 9.78 Å². The zero-order valence-electron chi connectivity index (χ0n) is 21.9. The average molecular weight is 545 g/mol. The van der Waals surface area contributed by atoms with Crippen LogP contribution in [0.15, 0.2) is 60.7 Å². The molecule has 202 valence electrons. The van der Waals surface area contributed by atoms with Gasteiger partial charge in [0.2, 0.25) is 0 Å². The van der Waals surface area contributed by atoms with E-state index in [4.69, 9.17) is 26.1 Å². The highest BCUT2D eigenvalue weighted by molar-refractivity contribution is 6.30. The fraction of sp³-hybridized carbons (Fsp3) is 0.355. The van der Waals surface area contributed by atoms with Crippen LogP contribution in [-0.4, -0.2) is 43.6 Å². The molecule has 1 unspecified atom stereocenters. The molecule has 39 heavy (non-hydrogen) atoms. The van der Waals surface area contributed by atoms with E-state index in [1.807, 2.05) is 42.5 Å². The van der Waals surface area contributed by atoms with Gasteiger partial charge >= 0.3 is 6.03 Å². The zero-order chi connectivity index (χ0) is 26.9. The summed E-state index contributed by atoms with van der Waals surface area (Å²) in [7, 11) is 0. The molecule has 7 nitrogen and oxygen atoms in total. The maximum absolute atomic E-state index is 12.9. The van der Waals surface area contributed by atoms with Gasteiger partial charge < -0.3 is 25.0 Å². The molecule has 0 radical (unpaired) electrons. The first-order valence-electron chi connectivity index (χ1n) is 13.5. The summed E-state index contributed by atoms with van der Waals surface area (Å²) in [6.45, 7) is 3.13. The van der Waals surface area contributed by atoms with Gasteiger partial charge in [0.05, 0.1) is 5.69 Å². The van der Waals surface area contributed by atoms with Crippen LogP contribution < -0.4 is 15.5 Å². The number of nitrogens with zero attached hydrogens (tertiary/aromatic N) is 2. The predicted molar refractivity (Wildman–Crippen MR) is 156 cm³/mol. The van der Waals surface area contributed by atoms with Crippen LogP contribution in [0.1, 0.15) is 37.7 Å². The smallest absolute Gasteiger partial charge is 0.323 e. The number of urea groups is 1. The Kier molecular flexibility index (Phi) is 9.34. The summed E-state index contributed by atoms with van der Waals surface area (Å²) in [6.07, 6.45) is 5.77. The van der Waals surface area contributed by atoms with Gasteiger partial charge in [-0.05, 0) is 80.1 Å².